The summed E-state index contributed by atoms with van der Waals surface area (Å²) < 4.78 is 13.4. The van der Waals surface area contributed by atoms with Crippen molar-refractivity contribution in [3.63, 3.8) is 0 Å². The first-order valence-corrected chi connectivity index (χ1v) is 15.1. The van der Waals surface area contributed by atoms with Crippen molar-refractivity contribution >= 4 is 40.8 Å². The van der Waals surface area contributed by atoms with Crippen LogP contribution in [-0.2, 0) is 16.1 Å². The van der Waals surface area contributed by atoms with E-state index in [0.29, 0.717) is 31.9 Å². The molecule has 42 heavy (non-hydrogen) atoms. The number of esters is 1. The number of ether oxygens (including phenoxy) is 2. The van der Waals surface area contributed by atoms with E-state index in [4.69, 9.17) is 9.47 Å². The van der Waals surface area contributed by atoms with Crippen molar-refractivity contribution in [2.75, 3.05) is 12.9 Å². The van der Waals surface area contributed by atoms with Gasteiger partial charge in [-0.3, -0.25) is 19.5 Å². The number of para-hydroxylation sites is 1. The Balaban J connectivity index is 1.55. The standard InChI is InChI=1S/C31H27N3O6S2/c1-4-39-30(36)27-19(2)32-31-33(28(27)21-11-15-24(41-3)16-12-21)29(35)26(42-31)17-22-7-5-6-8-25(22)40-18-20-9-13-23(14-10-20)34(37)38/h5-17,28H,4,18H2,1-3H3/b26-17-/t28-/m1/s1. The monoisotopic (exact) mass is 601 g/mol. The number of thioether (sulfide) groups is 1. The number of hydrogen-bond donors (Lipinski definition) is 0. The summed E-state index contributed by atoms with van der Waals surface area (Å²) in [6, 6.07) is 20.6. The van der Waals surface area contributed by atoms with Crippen LogP contribution in [0, 0.1) is 10.1 Å². The molecule has 0 aliphatic carbocycles. The molecule has 0 spiro atoms. The van der Waals surface area contributed by atoms with Crippen molar-refractivity contribution in [1.29, 1.82) is 0 Å². The van der Waals surface area contributed by atoms with Crippen LogP contribution in [-0.4, -0.2) is 28.3 Å². The average molecular weight is 602 g/mol. The van der Waals surface area contributed by atoms with Crippen molar-refractivity contribution < 1.29 is 19.2 Å². The van der Waals surface area contributed by atoms with Crippen LogP contribution < -0.4 is 19.6 Å². The zero-order valence-corrected chi connectivity index (χ0v) is 24.7. The van der Waals surface area contributed by atoms with Gasteiger partial charge in [0.25, 0.3) is 11.2 Å². The summed E-state index contributed by atoms with van der Waals surface area (Å²) in [5.41, 5.74) is 2.80. The van der Waals surface area contributed by atoms with E-state index in [0.717, 1.165) is 16.0 Å². The fourth-order valence-corrected chi connectivity index (χ4v) is 6.09. The number of fused-ring (bicyclic) bond motifs is 1. The van der Waals surface area contributed by atoms with Crippen LogP contribution in [0.1, 0.15) is 36.6 Å². The average Bonchev–Trinajstić information content (AvgIpc) is 3.30. The second-order valence-electron chi connectivity index (χ2n) is 9.33. The van der Waals surface area contributed by atoms with Gasteiger partial charge in [0.05, 0.1) is 33.4 Å². The summed E-state index contributed by atoms with van der Waals surface area (Å²) in [6.07, 6.45) is 3.74. The van der Waals surface area contributed by atoms with E-state index in [-0.39, 0.29) is 24.5 Å². The van der Waals surface area contributed by atoms with E-state index in [1.54, 1.807) is 54.5 Å². The Hall–Kier alpha value is -4.48. The predicted octanol–water partition coefficient (Wildman–Crippen LogP) is 5.01. The largest absolute Gasteiger partial charge is 0.488 e. The van der Waals surface area contributed by atoms with Gasteiger partial charge in [-0.15, -0.1) is 11.8 Å². The maximum absolute atomic E-state index is 13.9. The third kappa shape index (κ3) is 5.93. The number of nitro benzene ring substituents is 1. The topological polar surface area (TPSA) is 113 Å². The fraction of sp³-hybridized carbons (Fsp3) is 0.194. The lowest BCUT2D eigenvalue weighted by molar-refractivity contribution is -0.384. The highest BCUT2D eigenvalue weighted by atomic mass is 32.2. The number of hydrogen-bond acceptors (Lipinski definition) is 9. The first-order valence-electron chi connectivity index (χ1n) is 13.1. The highest BCUT2D eigenvalue weighted by molar-refractivity contribution is 7.98. The van der Waals surface area contributed by atoms with Gasteiger partial charge < -0.3 is 9.47 Å². The zero-order chi connectivity index (χ0) is 29.8. The maximum Gasteiger partial charge on any atom is 0.338 e. The molecule has 0 fully saturated rings. The molecule has 5 rings (SSSR count). The number of aromatic nitrogens is 1. The molecule has 4 aromatic rings. The Kier molecular flexibility index (Phi) is 8.69. The minimum atomic E-state index is -0.688. The Morgan fingerprint density at radius 2 is 1.83 bits per heavy atom. The molecule has 1 aromatic heterocycles. The van der Waals surface area contributed by atoms with Crippen LogP contribution in [0.2, 0.25) is 0 Å². The molecule has 1 aliphatic rings. The van der Waals surface area contributed by atoms with Crippen molar-refractivity contribution in [3.05, 3.63) is 131 Å². The molecule has 0 radical (unpaired) electrons. The second kappa shape index (κ2) is 12.6. The van der Waals surface area contributed by atoms with Gasteiger partial charge in [0, 0.05) is 22.6 Å². The summed E-state index contributed by atoms with van der Waals surface area (Å²) in [4.78, 5) is 43.7. The lowest BCUT2D eigenvalue weighted by atomic mass is 9.96. The Morgan fingerprint density at radius 1 is 1.12 bits per heavy atom. The number of rotatable bonds is 9. The quantitative estimate of drug-likeness (QED) is 0.115. The summed E-state index contributed by atoms with van der Waals surface area (Å²) >= 11 is 2.85. The molecule has 0 saturated carbocycles. The third-order valence-corrected chi connectivity index (χ3v) is 8.42. The second-order valence-corrected chi connectivity index (χ2v) is 11.2. The smallest absolute Gasteiger partial charge is 0.338 e. The Bertz CT molecular complexity index is 1860. The van der Waals surface area contributed by atoms with Gasteiger partial charge in [-0.2, -0.15) is 0 Å². The van der Waals surface area contributed by atoms with Gasteiger partial charge in [-0.05, 0) is 67.6 Å². The maximum atomic E-state index is 13.9. The van der Waals surface area contributed by atoms with Gasteiger partial charge in [0.2, 0.25) is 0 Å². The van der Waals surface area contributed by atoms with Gasteiger partial charge >= 0.3 is 5.97 Å². The summed E-state index contributed by atoms with van der Waals surface area (Å²) in [7, 11) is 0. The minimum Gasteiger partial charge on any atom is -0.488 e. The minimum absolute atomic E-state index is 0.00868. The molecule has 3 aromatic carbocycles. The van der Waals surface area contributed by atoms with E-state index in [2.05, 4.69) is 4.99 Å². The molecular weight excluding hydrogens is 574 g/mol. The van der Waals surface area contributed by atoms with E-state index in [1.807, 2.05) is 48.7 Å². The predicted molar refractivity (Wildman–Crippen MR) is 162 cm³/mol. The van der Waals surface area contributed by atoms with Crippen molar-refractivity contribution in [1.82, 2.24) is 4.57 Å². The number of carbonyl (C=O) groups excluding carboxylic acids is 1. The normalized spacial score (nSPS) is 14.7. The number of thiazole rings is 1. The molecule has 0 bridgehead atoms. The number of allylic oxidation sites excluding steroid dienone is 1. The van der Waals surface area contributed by atoms with E-state index < -0.39 is 16.9 Å². The molecule has 1 aliphatic heterocycles. The number of nitrogens with zero attached hydrogens (tertiary/aromatic N) is 3. The van der Waals surface area contributed by atoms with Gasteiger partial charge in [-0.25, -0.2) is 9.79 Å². The fourth-order valence-electron chi connectivity index (χ4n) is 4.64. The molecule has 9 nitrogen and oxygen atoms in total. The molecule has 0 saturated heterocycles. The third-order valence-electron chi connectivity index (χ3n) is 6.70. The SMILES string of the molecule is CCOC(=O)C1=C(C)N=c2s/c(=C\c3ccccc3OCc3ccc([N+](=O)[O-])cc3)c(=O)n2[C@@H]1c1ccc(SC)cc1. The van der Waals surface area contributed by atoms with Crippen LogP contribution in [0.4, 0.5) is 5.69 Å². The molecule has 2 heterocycles. The molecule has 0 unspecified atom stereocenters. The number of non-ortho nitro benzene ring substituents is 1. The number of nitro groups is 1. The highest BCUT2D eigenvalue weighted by Gasteiger charge is 2.33. The van der Waals surface area contributed by atoms with Gasteiger partial charge in [0.1, 0.15) is 12.4 Å². The van der Waals surface area contributed by atoms with E-state index in [9.17, 15) is 19.7 Å². The van der Waals surface area contributed by atoms with Crippen LogP contribution in [0.3, 0.4) is 0 Å². The van der Waals surface area contributed by atoms with E-state index >= 15 is 0 Å². The van der Waals surface area contributed by atoms with Crippen LogP contribution >= 0.6 is 23.1 Å². The summed E-state index contributed by atoms with van der Waals surface area (Å²) in [5, 5.41) is 10.9. The van der Waals surface area contributed by atoms with Crippen LogP contribution in [0.5, 0.6) is 5.75 Å². The van der Waals surface area contributed by atoms with Crippen molar-refractivity contribution in [2.24, 2.45) is 4.99 Å². The van der Waals surface area contributed by atoms with Crippen molar-refractivity contribution in [2.45, 2.75) is 31.4 Å². The van der Waals surface area contributed by atoms with E-state index in [1.165, 1.54) is 23.5 Å². The molecule has 0 N–H and O–H groups in total. The van der Waals surface area contributed by atoms with Gasteiger partial charge in [-0.1, -0.05) is 41.7 Å². The lowest BCUT2D eigenvalue weighted by Crippen LogP contribution is -2.39. The summed E-state index contributed by atoms with van der Waals surface area (Å²) in [6.45, 7) is 3.90. The van der Waals surface area contributed by atoms with Crippen LogP contribution in [0.15, 0.2) is 98.7 Å². The molecule has 214 valence electrons. The van der Waals surface area contributed by atoms with Crippen LogP contribution in [0.25, 0.3) is 6.08 Å². The lowest BCUT2D eigenvalue weighted by Gasteiger charge is -2.24. The molecule has 0 amide bonds. The number of benzene rings is 3. The first kappa shape index (κ1) is 29.0. The summed E-state index contributed by atoms with van der Waals surface area (Å²) in [5.74, 6) is 0.0475. The Morgan fingerprint density at radius 3 is 2.50 bits per heavy atom. The Labute approximate surface area is 249 Å². The number of carbonyl (C=O) groups is 1. The molecule has 11 heteroatoms. The highest BCUT2D eigenvalue weighted by Crippen LogP contribution is 2.32. The molecule has 1 atom stereocenters. The zero-order valence-electron chi connectivity index (χ0n) is 23.1. The van der Waals surface area contributed by atoms with Crippen molar-refractivity contribution in [3.8, 4) is 5.75 Å². The van der Waals surface area contributed by atoms with Gasteiger partial charge in [0.15, 0.2) is 4.80 Å². The molecular formula is C31H27N3O6S2. The first-order chi connectivity index (χ1) is 20.3.